The van der Waals surface area contributed by atoms with E-state index in [2.05, 4.69) is 15.6 Å². The molecule has 2 N–H and O–H groups in total. The minimum absolute atomic E-state index is 0.163. The van der Waals surface area contributed by atoms with Crippen molar-refractivity contribution in [2.75, 3.05) is 11.9 Å². The van der Waals surface area contributed by atoms with Gasteiger partial charge < -0.3 is 15.2 Å². The van der Waals surface area contributed by atoms with Crippen LogP contribution in [0.25, 0.3) is 0 Å². The lowest BCUT2D eigenvalue weighted by Gasteiger charge is -2.11. The maximum absolute atomic E-state index is 12.0. The largest absolute Gasteiger partial charge is 0.492 e. The predicted molar refractivity (Wildman–Crippen MR) is 87.4 cm³/mol. The van der Waals surface area contributed by atoms with Crippen molar-refractivity contribution < 1.29 is 19.4 Å². The quantitative estimate of drug-likeness (QED) is 0.791. The number of halogens is 1. The van der Waals surface area contributed by atoms with Crippen LogP contribution in [0.4, 0.5) is 5.69 Å². The number of nitrogens with one attached hydrogen (secondary N) is 1. The summed E-state index contributed by atoms with van der Waals surface area (Å²) in [6.45, 7) is 4.44. The number of carboxylic acids is 1. The molecule has 1 amide bonds. The molecule has 1 aromatic heterocycles. The highest BCUT2D eigenvalue weighted by Crippen LogP contribution is 2.28. The maximum atomic E-state index is 12.0. The van der Waals surface area contributed by atoms with Crippen LogP contribution in [0.3, 0.4) is 0 Å². The fourth-order valence-electron chi connectivity index (χ4n) is 1.77. The number of carboxylic acid groups (broad SMARTS) is 1. The van der Waals surface area contributed by atoms with E-state index in [1.807, 2.05) is 13.8 Å². The van der Waals surface area contributed by atoms with Crippen LogP contribution in [0.1, 0.15) is 24.3 Å². The first kappa shape index (κ1) is 17.7. The van der Waals surface area contributed by atoms with Gasteiger partial charge in [-0.2, -0.15) is 0 Å². The number of carbonyl (C=O) groups is 2. The van der Waals surface area contributed by atoms with Gasteiger partial charge in [0.1, 0.15) is 12.3 Å². The smallest absolute Gasteiger partial charge is 0.358 e. The normalized spacial score (nSPS) is 10.7. The van der Waals surface area contributed by atoms with Crippen molar-refractivity contribution in [2.45, 2.75) is 20.4 Å². The van der Waals surface area contributed by atoms with Crippen LogP contribution in [0.2, 0.25) is 5.02 Å². The van der Waals surface area contributed by atoms with Gasteiger partial charge in [-0.05, 0) is 24.1 Å². The molecule has 0 saturated heterocycles. The van der Waals surface area contributed by atoms with Gasteiger partial charge >= 0.3 is 5.97 Å². The molecule has 0 radical (unpaired) electrons. The van der Waals surface area contributed by atoms with Crippen molar-refractivity contribution in [2.24, 2.45) is 5.92 Å². The van der Waals surface area contributed by atoms with Gasteiger partial charge in [0, 0.05) is 5.69 Å². The number of carbonyl (C=O) groups excluding carboxylic acids is 1. The molecule has 0 unspecified atom stereocenters. The first-order valence-electron chi connectivity index (χ1n) is 7.20. The molecule has 0 spiro atoms. The Hall–Kier alpha value is -2.61. The van der Waals surface area contributed by atoms with Gasteiger partial charge in [0.25, 0.3) is 0 Å². The number of benzene rings is 1. The van der Waals surface area contributed by atoms with Crippen molar-refractivity contribution >= 4 is 29.2 Å². The number of nitrogens with zero attached hydrogens (tertiary/aromatic N) is 3. The highest BCUT2D eigenvalue weighted by Gasteiger charge is 2.11. The van der Waals surface area contributed by atoms with E-state index in [1.165, 1.54) is 6.20 Å². The monoisotopic (exact) mass is 352 g/mol. The molecule has 9 heteroatoms. The summed E-state index contributed by atoms with van der Waals surface area (Å²) in [5.41, 5.74) is 0.276. The fraction of sp³-hybridized carbons (Fsp3) is 0.333. The molecule has 1 heterocycles. The third-order valence-electron chi connectivity index (χ3n) is 2.85. The number of aromatic nitrogens is 3. The molecule has 2 rings (SSSR count). The van der Waals surface area contributed by atoms with Crippen LogP contribution in [-0.2, 0) is 11.3 Å². The Bertz CT molecular complexity index is 745. The van der Waals surface area contributed by atoms with Gasteiger partial charge in [-0.15, -0.1) is 5.10 Å². The zero-order valence-electron chi connectivity index (χ0n) is 13.2. The molecule has 0 aliphatic rings. The van der Waals surface area contributed by atoms with Gasteiger partial charge in [0.05, 0.1) is 17.8 Å². The molecule has 0 saturated carbocycles. The first-order valence-corrected chi connectivity index (χ1v) is 7.58. The number of ether oxygens (including phenoxy) is 1. The van der Waals surface area contributed by atoms with E-state index in [1.54, 1.807) is 18.2 Å². The zero-order valence-corrected chi connectivity index (χ0v) is 13.9. The average molecular weight is 353 g/mol. The number of anilines is 1. The second-order valence-electron chi connectivity index (χ2n) is 5.50. The summed E-state index contributed by atoms with van der Waals surface area (Å²) < 4.78 is 6.70. The summed E-state index contributed by atoms with van der Waals surface area (Å²) in [5, 5.41) is 18.8. The Morgan fingerprint density at radius 2 is 2.17 bits per heavy atom. The third kappa shape index (κ3) is 4.95. The summed E-state index contributed by atoms with van der Waals surface area (Å²) in [4.78, 5) is 22.7. The van der Waals surface area contributed by atoms with Crippen LogP contribution < -0.4 is 10.1 Å². The molecule has 0 aliphatic carbocycles. The minimum atomic E-state index is -1.20. The van der Waals surface area contributed by atoms with Gasteiger partial charge in [-0.1, -0.05) is 30.7 Å². The zero-order chi connectivity index (χ0) is 17.7. The lowest BCUT2D eigenvalue weighted by atomic mass is 10.2. The molecule has 1 aromatic carbocycles. The van der Waals surface area contributed by atoms with E-state index in [0.29, 0.717) is 29.0 Å². The lowest BCUT2D eigenvalue weighted by Crippen LogP contribution is -2.19. The SMILES string of the molecule is CC(C)COc1ccc(NC(=O)Cn2cc(C(=O)O)nn2)cc1Cl. The summed E-state index contributed by atoms with van der Waals surface area (Å²) in [6, 6.07) is 4.93. The maximum Gasteiger partial charge on any atom is 0.358 e. The van der Waals surface area contributed by atoms with Crippen LogP contribution in [0, 0.1) is 5.92 Å². The standard InChI is InChI=1S/C15H17ClN4O4/c1-9(2)8-24-13-4-3-10(5-11(13)16)17-14(21)7-20-6-12(15(22)23)18-19-20/h3-6,9H,7-8H2,1-2H3,(H,17,21)(H,22,23). The third-order valence-corrected chi connectivity index (χ3v) is 3.15. The van der Waals surface area contributed by atoms with E-state index in [-0.39, 0.29) is 18.1 Å². The Labute approximate surface area is 143 Å². The molecule has 24 heavy (non-hydrogen) atoms. The van der Waals surface area contributed by atoms with E-state index >= 15 is 0 Å². The fourth-order valence-corrected chi connectivity index (χ4v) is 2.01. The summed E-state index contributed by atoms with van der Waals surface area (Å²) >= 11 is 6.13. The highest BCUT2D eigenvalue weighted by molar-refractivity contribution is 6.32. The summed E-state index contributed by atoms with van der Waals surface area (Å²) in [5.74, 6) is -0.668. The Morgan fingerprint density at radius 1 is 1.42 bits per heavy atom. The average Bonchev–Trinajstić information content (AvgIpc) is 2.94. The van der Waals surface area contributed by atoms with Crippen LogP contribution >= 0.6 is 11.6 Å². The highest BCUT2D eigenvalue weighted by atomic mass is 35.5. The number of aromatic carboxylic acids is 1. The van der Waals surface area contributed by atoms with E-state index < -0.39 is 5.97 Å². The topological polar surface area (TPSA) is 106 Å². The van der Waals surface area contributed by atoms with Gasteiger partial charge in [0.15, 0.2) is 5.69 Å². The molecule has 128 valence electrons. The Balaban J connectivity index is 1.95. The number of amides is 1. The van der Waals surface area contributed by atoms with Gasteiger partial charge in [-0.3, -0.25) is 4.79 Å². The molecular formula is C15H17ClN4O4. The summed E-state index contributed by atoms with van der Waals surface area (Å²) in [6.07, 6.45) is 1.18. The van der Waals surface area contributed by atoms with Crippen LogP contribution in [0.5, 0.6) is 5.75 Å². The molecule has 0 fully saturated rings. The molecule has 2 aromatic rings. The van der Waals surface area contributed by atoms with Crippen molar-refractivity contribution in [1.29, 1.82) is 0 Å². The minimum Gasteiger partial charge on any atom is -0.492 e. The first-order chi connectivity index (χ1) is 11.3. The Kier molecular flexibility index (Phi) is 5.75. The summed E-state index contributed by atoms with van der Waals surface area (Å²) in [7, 11) is 0. The second-order valence-corrected chi connectivity index (χ2v) is 5.91. The van der Waals surface area contributed by atoms with Crippen molar-refractivity contribution in [3.8, 4) is 5.75 Å². The predicted octanol–water partition coefficient (Wildman–Crippen LogP) is 2.30. The number of hydrogen-bond donors (Lipinski definition) is 2. The van der Waals surface area contributed by atoms with E-state index in [4.69, 9.17) is 21.4 Å². The van der Waals surface area contributed by atoms with Gasteiger partial charge in [0.2, 0.25) is 5.91 Å². The Morgan fingerprint density at radius 3 is 2.75 bits per heavy atom. The van der Waals surface area contributed by atoms with Crippen LogP contribution in [-0.4, -0.2) is 38.6 Å². The molecule has 0 atom stereocenters. The van der Waals surface area contributed by atoms with E-state index in [0.717, 1.165) is 4.68 Å². The van der Waals surface area contributed by atoms with Crippen molar-refractivity contribution in [3.63, 3.8) is 0 Å². The second kappa shape index (κ2) is 7.78. The number of hydrogen-bond acceptors (Lipinski definition) is 5. The van der Waals surface area contributed by atoms with Gasteiger partial charge in [-0.25, -0.2) is 9.48 Å². The number of rotatable bonds is 7. The lowest BCUT2D eigenvalue weighted by molar-refractivity contribution is -0.116. The molecular weight excluding hydrogens is 336 g/mol. The van der Waals surface area contributed by atoms with Crippen molar-refractivity contribution in [1.82, 2.24) is 15.0 Å². The molecule has 0 bridgehead atoms. The van der Waals surface area contributed by atoms with E-state index in [9.17, 15) is 9.59 Å². The van der Waals surface area contributed by atoms with Crippen LogP contribution in [0.15, 0.2) is 24.4 Å². The molecule has 0 aliphatic heterocycles. The van der Waals surface area contributed by atoms with Crippen molar-refractivity contribution in [3.05, 3.63) is 35.1 Å². The molecule has 8 nitrogen and oxygen atoms in total.